The molecular formula is C6H13O2P2+. The summed E-state index contributed by atoms with van der Waals surface area (Å²) < 4.78 is 4.51. The first-order valence-corrected chi connectivity index (χ1v) is 6.51. The van der Waals surface area contributed by atoms with Crippen molar-refractivity contribution in [1.29, 1.82) is 0 Å². The Balaban J connectivity index is 3.80. The summed E-state index contributed by atoms with van der Waals surface area (Å²) in [6, 6.07) is 0. The minimum atomic E-state index is -0.221. The van der Waals surface area contributed by atoms with Crippen LogP contribution in [0.25, 0.3) is 0 Å². The zero-order valence-electron chi connectivity index (χ0n) is 6.31. The molecule has 0 rings (SSSR count). The molecule has 0 aromatic rings. The van der Waals surface area contributed by atoms with E-state index in [9.17, 15) is 4.79 Å². The van der Waals surface area contributed by atoms with Crippen molar-refractivity contribution in [2.75, 3.05) is 13.3 Å². The molecule has 0 radical (unpaired) electrons. The average molecular weight is 179 g/mol. The van der Waals surface area contributed by atoms with Crippen LogP contribution in [0.4, 0.5) is 0 Å². The van der Waals surface area contributed by atoms with Gasteiger partial charge in [0.25, 0.3) is 0 Å². The molecule has 0 aromatic heterocycles. The fourth-order valence-corrected chi connectivity index (χ4v) is 1.35. The Labute approximate surface area is 65.3 Å². The SMILES string of the molecule is COC(=O)/C(C)=C/CP[PH3+]. The Bertz CT molecular complexity index is 143. The summed E-state index contributed by atoms with van der Waals surface area (Å²) in [7, 11) is 4.21. The molecule has 0 aliphatic heterocycles. The predicted octanol–water partition coefficient (Wildman–Crippen LogP) is 1.31. The maximum absolute atomic E-state index is 10.7. The second-order valence-corrected chi connectivity index (χ2v) is 4.24. The number of rotatable bonds is 3. The third-order valence-electron chi connectivity index (χ3n) is 1.06. The Hall–Kier alpha value is 0.0700. The van der Waals surface area contributed by atoms with Gasteiger partial charge < -0.3 is 4.74 Å². The lowest BCUT2D eigenvalue weighted by Crippen LogP contribution is -2.01. The van der Waals surface area contributed by atoms with Crippen molar-refractivity contribution in [3.05, 3.63) is 11.6 Å². The summed E-state index contributed by atoms with van der Waals surface area (Å²) in [5.74, 6) is -0.221. The molecule has 10 heavy (non-hydrogen) atoms. The van der Waals surface area contributed by atoms with Crippen LogP contribution in [-0.2, 0) is 9.53 Å². The van der Waals surface area contributed by atoms with Crippen LogP contribution in [0.3, 0.4) is 0 Å². The third kappa shape index (κ3) is 3.98. The fraction of sp³-hybridized carbons (Fsp3) is 0.500. The van der Waals surface area contributed by atoms with E-state index in [0.29, 0.717) is 5.57 Å². The zero-order valence-corrected chi connectivity index (χ0v) is 8.72. The van der Waals surface area contributed by atoms with Crippen LogP contribution in [-0.4, -0.2) is 19.2 Å². The maximum atomic E-state index is 10.7. The number of hydrogen-bond donors (Lipinski definition) is 0. The molecule has 0 heterocycles. The molecule has 0 N–H and O–H groups in total. The lowest BCUT2D eigenvalue weighted by molar-refractivity contribution is -0.136. The highest BCUT2D eigenvalue weighted by molar-refractivity contribution is 8.02. The second kappa shape index (κ2) is 5.82. The first-order chi connectivity index (χ1) is 4.72. The molecule has 0 amide bonds. The van der Waals surface area contributed by atoms with Gasteiger partial charge in [-0.25, -0.2) is 4.79 Å². The molecule has 0 aliphatic carbocycles. The van der Waals surface area contributed by atoms with Crippen LogP contribution in [0.15, 0.2) is 11.6 Å². The normalized spacial score (nSPS) is 12.8. The highest BCUT2D eigenvalue weighted by atomic mass is 32.0. The Morgan fingerprint density at radius 1 is 1.80 bits per heavy atom. The highest BCUT2D eigenvalue weighted by Crippen LogP contribution is 2.19. The zero-order chi connectivity index (χ0) is 7.98. The molecule has 2 nitrogen and oxygen atoms in total. The first-order valence-electron chi connectivity index (χ1n) is 2.97. The molecule has 2 atom stereocenters. The van der Waals surface area contributed by atoms with E-state index in [1.807, 2.05) is 15.0 Å². The van der Waals surface area contributed by atoms with Gasteiger partial charge in [0.2, 0.25) is 0 Å². The minimum absolute atomic E-state index is 0.221. The number of carbonyl (C=O) groups excluding carboxylic acids is 1. The van der Waals surface area contributed by atoms with E-state index in [2.05, 4.69) is 4.74 Å². The van der Waals surface area contributed by atoms with Gasteiger partial charge in [-0.05, 0) is 15.9 Å². The molecule has 4 heteroatoms. The van der Waals surface area contributed by atoms with Gasteiger partial charge in [0.15, 0.2) is 0 Å². The van der Waals surface area contributed by atoms with Crippen molar-refractivity contribution in [2.24, 2.45) is 0 Å². The molecule has 0 aromatic carbocycles. The summed E-state index contributed by atoms with van der Waals surface area (Å²) in [5, 5.41) is 0. The quantitative estimate of drug-likeness (QED) is 0.371. The second-order valence-electron chi connectivity index (χ2n) is 1.83. The van der Waals surface area contributed by atoms with E-state index >= 15 is 0 Å². The lowest BCUT2D eigenvalue weighted by Gasteiger charge is -1.95. The smallest absolute Gasteiger partial charge is 0.333 e. The minimum Gasteiger partial charge on any atom is -0.466 e. The summed E-state index contributed by atoms with van der Waals surface area (Å²) in [6.45, 7) is 1.77. The van der Waals surface area contributed by atoms with Crippen molar-refractivity contribution in [3.8, 4) is 0 Å². The molecule has 58 valence electrons. The van der Waals surface area contributed by atoms with Gasteiger partial charge in [-0.15, -0.1) is 0 Å². The highest BCUT2D eigenvalue weighted by Gasteiger charge is 2.00. The van der Waals surface area contributed by atoms with Gasteiger partial charge >= 0.3 is 5.97 Å². The average Bonchev–Trinajstić information content (AvgIpc) is 1.98. The molecule has 0 fully saturated rings. The number of carbonyl (C=O) groups is 1. The fourth-order valence-electron chi connectivity index (χ4n) is 0.470. The van der Waals surface area contributed by atoms with Gasteiger partial charge in [-0.1, -0.05) is 6.08 Å². The molecule has 2 unspecified atom stereocenters. The van der Waals surface area contributed by atoms with Crippen LogP contribution < -0.4 is 0 Å². The van der Waals surface area contributed by atoms with Crippen molar-refractivity contribution in [1.82, 2.24) is 0 Å². The number of allylic oxidation sites excluding steroid dienone is 1. The van der Waals surface area contributed by atoms with Gasteiger partial charge in [0.1, 0.15) is 0 Å². The van der Waals surface area contributed by atoms with Crippen LogP contribution in [0.1, 0.15) is 6.92 Å². The summed E-state index contributed by atoms with van der Waals surface area (Å²) in [4.78, 5) is 10.7. The van der Waals surface area contributed by atoms with Crippen LogP contribution in [0, 0.1) is 0 Å². The number of esters is 1. The van der Waals surface area contributed by atoms with E-state index in [0.717, 1.165) is 14.4 Å². The van der Waals surface area contributed by atoms with E-state index < -0.39 is 0 Å². The Morgan fingerprint density at radius 2 is 2.40 bits per heavy atom. The molecule has 0 saturated heterocycles. The Kier molecular flexibility index (Phi) is 5.87. The van der Waals surface area contributed by atoms with Gasteiger partial charge in [0.05, 0.1) is 7.11 Å². The van der Waals surface area contributed by atoms with Crippen LogP contribution >= 0.6 is 17.2 Å². The summed E-state index contributed by atoms with van der Waals surface area (Å²) in [6.07, 6.45) is 2.90. The topological polar surface area (TPSA) is 26.3 Å². The van der Waals surface area contributed by atoms with E-state index in [4.69, 9.17) is 0 Å². The van der Waals surface area contributed by atoms with Crippen molar-refractivity contribution in [2.45, 2.75) is 6.92 Å². The van der Waals surface area contributed by atoms with E-state index in [-0.39, 0.29) is 5.97 Å². The van der Waals surface area contributed by atoms with Crippen molar-refractivity contribution >= 4 is 23.2 Å². The molecule has 0 spiro atoms. The summed E-state index contributed by atoms with van der Waals surface area (Å²) >= 11 is 0. The summed E-state index contributed by atoms with van der Waals surface area (Å²) in [5.41, 5.74) is 0.710. The van der Waals surface area contributed by atoms with Crippen LogP contribution in [0.2, 0.25) is 0 Å². The van der Waals surface area contributed by atoms with Crippen molar-refractivity contribution < 1.29 is 9.53 Å². The van der Waals surface area contributed by atoms with Gasteiger partial charge in [-0.3, -0.25) is 0 Å². The lowest BCUT2D eigenvalue weighted by atomic mass is 10.3. The maximum Gasteiger partial charge on any atom is 0.333 e. The predicted molar refractivity (Wildman–Crippen MR) is 50.1 cm³/mol. The van der Waals surface area contributed by atoms with Gasteiger partial charge in [-0.2, -0.15) is 0 Å². The van der Waals surface area contributed by atoms with Crippen LogP contribution in [0.5, 0.6) is 0 Å². The number of ether oxygens (including phenoxy) is 1. The largest absolute Gasteiger partial charge is 0.466 e. The monoisotopic (exact) mass is 179 g/mol. The first kappa shape index (κ1) is 10.1. The van der Waals surface area contributed by atoms with E-state index in [1.54, 1.807) is 6.92 Å². The third-order valence-corrected chi connectivity index (χ3v) is 2.42. The van der Waals surface area contributed by atoms with Gasteiger partial charge in [0, 0.05) is 20.0 Å². The number of hydrogen-bond acceptors (Lipinski definition) is 2. The standard InChI is InChI=1S/C6H12O2P2/c1-5(3-4-10-9)6(7)8-2/h3,10H,4,9H2,1-2H3/p+1/b5-3+. The number of methoxy groups -OCH3 is 1. The van der Waals surface area contributed by atoms with E-state index in [1.165, 1.54) is 7.11 Å². The molecular weight excluding hydrogens is 166 g/mol. The Morgan fingerprint density at radius 3 is 2.80 bits per heavy atom. The molecule has 0 aliphatic rings. The molecule has 0 bridgehead atoms. The molecule has 0 saturated carbocycles. The van der Waals surface area contributed by atoms with Crippen molar-refractivity contribution in [3.63, 3.8) is 0 Å².